The van der Waals surface area contributed by atoms with Crippen LogP contribution in [0.2, 0.25) is 0 Å². The van der Waals surface area contributed by atoms with Gasteiger partial charge < -0.3 is 19.6 Å². The molecule has 1 aliphatic carbocycles. The average Bonchev–Trinajstić information content (AvgIpc) is 2.55. The summed E-state index contributed by atoms with van der Waals surface area (Å²) < 4.78 is 6.07. The summed E-state index contributed by atoms with van der Waals surface area (Å²) in [5, 5.41) is 10.3. The second-order valence-corrected chi connectivity index (χ2v) is 6.98. The van der Waals surface area contributed by atoms with Gasteiger partial charge in [0.25, 0.3) is 0 Å². The summed E-state index contributed by atoms with van der Waals surface area (Å²) in [6, 6.07) is 8.58. The highest BCUT2D eigenvalue weighted by Gasteiger charge is 2.25. The topological polar surface area (TPSA) is 38.3 Å². The Balaban J connectivity index is 1.46. The number of ether oxygens (including phenoxy) is 1. The predicted molar refractivity (Wildman–Crippen MR) is 86.3 cm³/mol. The molecule has 0 aromatic heterocycles. The van der Waals surface area contributed by atoms with E-state index in [1.807, 2.05) is 0 Å². The minimum Gasteiger partial charge on any atom is -0.385 e. The number of hydrogen-bond donors (Lipinski definition) is 3. The molecule has 3 N–H and O–H groups in total. The molecule has 122 valence electrons. The molecule has 0 unspecified atom stereocenters. The van der Waals surface area contributed by atoms with Crippen molar-refractivity contribution in [1.82, 2.24) is 0 Å². The van der Waals surface area contributed by atoms with Gasteiger partial charge in [0.05, 0.1) is 19.8 Å². The molecule has 0 radical (unpaired) electrons. The van der Waals surface area contributed by atoms with Gasteiger partial charge in [-0.2, -0.15) is 0 Å². The summed E-state index contributed by atoms with van der Waals surface area (Å²) in [5.74, 6) is 0. The lowest BCUT2D eigenvalue weighted by Crippen LogP contribution is -3.27. The largest absolute Gasteiger partial charge is 0.385 e. The highest BCUT2D eigenvalue weighted by molar-refractivity contribution is 5.31. The molecule has 1 fully saturated rings. The molecule has 0 saturated carbocycles. The molecule has 1 saturated heterocycles. The van der Waals surface area contributed by atoms with Crippen molar-refractivity contribution in [3.05, 3.63) is 35.4 Å². The number of benzene rings is 1. The first-order valence-electron chi connectivity index (χ1n) is 8.74. The minimum absolute atomic E-state index is 0.173. The second-order valence-electron chi connectivity index (χ2n) is 6.98. The van der Waals surface area contributed by atoms with E-state index >= 15 is 0 Å². The Hall–Kier alpha value is -0.940. The Morgan fingerprint density at radius 2 is 2.00 bits per heavy atom. The summed E-state index contributed by atoms with van der Waals surface area (Å²) in [4.78, 5) is 3.12. The van der Waals surface area contributed by atoms with Gasteiger partial charge in [0.2, 0.25) is 0 Å². The second kappa shape index (κ2) is 7.55. The highest BCUT2D eigenvalue weighted by atomic mass is 16.5. The third kappa shape index (κ3) is 4.07. The minimum atomic E-state index is -0.345. The Kier molecular flexibility index (Phi) is 5.47. The van der Waals surface area contributed by atoms with Crippen LogP contribution in [0.1, 0.15) is 30.1 Å². The van der Waals surface area contributed by atoms with Crippen LogP contribution >= 0.6 is 0 Å². The number of hydrogen-bond acceptors (Lipinski definition) is 2. The first kappa shape index (κ1) is 15.9. The number of aliphatic hydroxyl groups excluding tert-OH is 1. The van der Waals surface area contributed by atoms with Crippen molar-refractivity contribution in [2.75, 3.05) is 46.4 Å². The number of likely N-dealkylation sites (N-methyl/N-ethyl adjacent to an activating group) is 1. The maximum Gasteiger partial charge on any atom is 0.127 e. The van der Waals surface area contributed by atoms with Crippen molar-refractivity contribution in [2.24, 2.45) is 0 Å². The third-order valence-corrected chi connectivity index (χ3v) is 5.14. The first-order chi connectivity index (χ1) is 10.7. The number of fused-ring (bicyclic) bond motifs is 1. The van der Waals surface area contributed by atoms with E-state index in [1.54, 1.807) is 4.90 Å². The van der Waals surface area contributed by atoms with Gasteiger partial charge in [-0.05, 0) is 30.4 Å². The molecule has 4 heteroatoms. The molecule has 2 aliphatic rings. The zero-order valence-corrected chi connectivity index (χ0v) is 13.7. The van der Waals surface area contributed by atoms with Crippen LogP contribution in [-0.2, 0) is 11.2 Å². The lowest BCUT2D eigenvalue weighted by Gasteiger charge is -2.30. The van der Waals surface area contributed by atoms with E-state index in [0.29, 0.717) is 6.61 Å². The number of nitrogens with one attached hydrogen (secondary N) is 2. The summed E-state index contributed by atoms with van der Waals surface area (Å²) in [6.45, 7) is 6.02. The maximum atomic E-state index is 10.3. The molecule has 3 rings (SSSR count). The number of rotatable bonds is 5. The zero-order chi connectivity index (χ0) is 15.4. The van der Waals surface area contributed by atoms with Crippen LogP contribution in [0, 0.1) is 0 Å². The number of piperazine rings is 1. The van der Waals surface area contributed by atoms with Crippen molar-refractivity contribution >= 4 is 0 Å². The normalized spacial score (nSPS) is 29.8. The molecule has 4 nitrogen and oxygen atoms in total. The lowest BCUT2D eigenvalue weighted by atomic mass is 9.89. The first-order valence-corrected chi connectivity index (χ1v) is 8.74. The highest BCUT2D eigenvalue weighted by Crippen LogP contribution is 2.32. The van der Waals surface area contributed by atoms with Gasteiger partial charge in [-0.25, -0.2) is 0 Å². The van der Waals surface area contributed by atoms with Gasteiger partial charge in [-0.3, -0.25) is 0 Å². The lowest BCUT2D eigenvalue weighted by molar-refractivity contribution is -1.00. The predicted octanol–water partition coefficient (Wildman–Crippen LogP) is -1.15. The fraction of sp³-hybridized carbons (Fsp3) is 0.667. The van der Waals surface area contributed by atoms with Crippen LogP contribution in [0.3, 0.4) is 0 Å². The molecule has 1 aromatic rings. The summed E-state index contributed by atoms with van der Waals surface area (Å²) in [6.07, 6.45) is 3.25. The molecule has 1 aromatic carbocycles. The fourth-order valence-corrected chi connectivity index (χ4v) is 3.74. The quantitative estimate of drug-likeness (QED) is 0.643. The number of aliphatic hydroxyl groups is 1. The van der Waals surface area contributed by atoms with Crippen LogP contribution in [0.25, 0.3) is 0 Å². The molecular formula is C18H30N2O2+2. The Bertz CT molecular complexity index is 472. The zero-order valence-electron chi connectivity index (χ0n) is 13.7. The van der Waals surface area contributed by atoms with E-state index < -0.39 is 0 Å². The summed E-state index contributed by atoms with van der Waals surface area (Å²) >= 11 is 0. The SMILES string of the molecule is C[NH+]1CC[NH+](C[C@@H](O)CO[C@H]2CCCc3ccccc32)CC1. The monoisotopic (exact) mass is 306 g/mol. The van der Waals surface area contributed by atoms with Gasteiger partial charge >= 0.3 is 0 Å². The molecule has 0 spiro atoms. The van der Waals surface area contributed by atoms with E-state index in [0.717, 1.165) is 32.5 Å². The van der Waals surface area contributed by atoms with E-state index in [1.165, 1.54) is 35.5 Å². The molecular weight excluding hydrogens is 276 g/mol. The van der Waals surface area contributed by atoms with Gasteiger partial charge in [-0.1, -0.05) is 24.3 Å². The standard InChI is InChI=1S/C18H28N2O2/c1-19-9-11-20(12-10-19)13-16(21)14-22-18-8-4-6-15-5-2-3-7-17(15)18/h2-3,5,7,16,18,21H,4,6,8-14H2,1H3/p+2/t16-,18+/m1/s1. The van der Waals surface area contributed by atoms with Crippen molar-refractivity contribution in [2.45, 2.75) is 31.5 Å². The third-order valence-electron chi connectivity index (χ3n) is 5.14. The maximum absolute atomic E-state index is 10.3. The summed E-state index contributed by atoms with van der Waals surface area (Å²) in [7, 11) is 2.25. The number of quaternary nitrogens is 2. The van der Waals surface area contributed by atoms with E-state index in [4.69, 9.17) is 4.74 Å². The average molecular weight is 306 g/mol. The van der Waals surface area contributed by atoms with Gasteiger partial charge in [0.1, 0.15) is 38.8 Å². The molecule has 1 heterocycles. The molecule has 2 atom stereocenters. The van der Waals surface area contributed by atoms with Gasteiger partial charge in [0, 0.05) is 0 Å². The van der Waals surface area contributed by atoms with Crippen LogP contribution < -0.4 is 9.80 Å². The summed E-state index contributed by atoms with van der Waals surface area (Å²) in [5.41, 5.74) is 2.75. The Morgan fingerprint density at radius 1 is 1.23 bits per heavy atom. The Morgan fingerprint density at radius 3 is 2.82 bits per heavy atom. The van der Waals surface area contributed by atoms with Crippen LogP contribution in [0.15, 0.2) is 24.3 Å². The van der Waals surface area contributed by atoms with Gasteiger partial charge in [0.15, 0.2) is 0 Å². The molecule has 1 aliphatic heterocycles. The van der Waals surface area contributed by atoms with Gasteiger partial charge in [-0.15, -0.1) is 0 Å². The van der Waals surface area contributed by atoms with Crippen molar-refractivity contribution in [3.8, 4) is 0 Å². The van der Waals surface area contributed by atoms with Crippen molar-refractivity contribution < 1.29 is 19.6 Å². The molecule has 22 heavy (non-hydrogen) atoms. The molecule has 0 amide bonds. The Labute approximate surface area is 133 Å². The van der Waals surface area contributed by atoms with Crippen LogP contribution in [0.5, 0.6) is 0 Å². The van der Waals surface area contributed by atoms with Crippen LogP contribution in [0.4, 0.5) is 0 Å². The fourth-order valence-electron chi connectivity index (χ4n) is 3.74. The smallest absolute Gasteiger partial charge is 0.127 e. The van der Waals surface area contributed by atoms with Crippen molar-refractivity contribution in [1.29, 1.82) is 0 Å². The van der Waals surface area contributed by atoms with E-state index in [9.17, 15) is 5.11 Å². The van der Waals surface area contributed by atoms with Crippen LogP contribution in [-0.4, -0.2) is 57.6 Å². The van der Waals surface area contributed by atoms with E-state index in [-0.39, 0.29) is 12.2 Å². The number of aryl methyl sites for hydroxylation is 1. The van der Waals surface area contributed by atoms with E-state index in [2.05, 4.69) is 31.3 Å². The molecule has 0 bridgehead atoms. The van der Waals surface area contributed by atoms with Crippen molar-refractivity contribution in [3.63, 3.8) is 0 Å².